The van der Waals surface area contributed by atoms with E-state index in [-0.39, 0.29) is 23.8 Å². The highest BCUT2D eigenvalue weighted by Gasteiger charge is 2.34. The number of esters is 1. The number of aromatic amines is 1. The first kappa shape index (κ1) is 24.9. The summed E-state index contributed by atoms with van der Waals surface area (Å²) in [6.07, 6.45) is 1.48. The first-order valence-corrected chi connectivity index (χ1v) is 11.8. The van der Waals surface area contributed by atoms with Gasteiger partial charge in [-0.1, -0.05) is 24.9 Å². The number of rotatable bonds is 8. The number of hydrogen-bond donors (Lipinski definition) is 4. The molecule has 2 heterocycles. The monoisotopic (exact) mass is 509 g/mol. The molecular formula is C25H24ClN5O5. The Kier molecular flexibility index (Phi) is 7.65. The number of benzene rings is 2. The van der Waals surface area contributed by atoms with Gasteiger partial charge in [0.1, 0.15) is 5.82 Å². The summed E-state index contributed by atoms with van der Waals surface area (Å²) in [5, 5.41) is 8.75. The molecule has 0 saturated carbocycles. The lowest BCUT2D eigenvalue weighted by Gasteiger charge is -2.23. The molecule has 4 N–H and O–H groups in total. The van der Waals surface area contributed by atoms with Crippen molar-refractivity contribution in [2.24, 2.45) is 0 Å². The van der Waals surface area contributed by atoms with Crippen LogP contribution in [-0.2, 0) is 14.3 Å². The third kappa shape index (κ3) is 5.89. The molecule has 1 aliphatic rings. The molecule has 0 saturated heterocycles. The van der Waals surface area contributed by atoms with E-state index in [1.54, 1.807) is 36.4 Å². The Bertz CT molecular complexity index is 1340. The maximum absolute atomic E-state index is 13.0. The zero-order valence-corrected chi connectivity index (χ0v) is 20.1. The van der Waals surface area contributed by atoms with E-state index in [9.17, 15) is 19.2 Å². The van der Waals surface area contributed by atoms with Crippen molar-refractivity contribution in [3.8, 4) is 0 Å². The lowest BCUT2D eigenvalue weighted by atomic mass is 9.92. The standard InChI is InChI=1S/C25H24ClN5O5/c1-2-3-12-36-24(35)14-4-8-16(9-5-14)27-22(33)18-13-19(32)29-21-20(18)23(34)31-25(30-21)28-17-10-6-15(26)7-11-17/h4-11,18H,2-3,12-13H2,1H3,(H,27,33)(H3,28,29,30,31,32,34)/t18-/m1/s1. The summed E-state index contributed by atoms with van der Waals surface area (Å²) < 4.78 is 5.17. The number of fused-ring (bicyclic) bond motifs is 1. The SMILES string of the molecule is CCCCOC(=O)c1ccc(NC(=O)[C@@H]2CC(=O)Nc3nc(Nc4ccc(Cl)cc4)[nH]c(=O)c32)cc1. The number of amides is 2. The number of nitrogens with zero attached hydrogens (tertiary/aromatic N) is 1. The van der Waals surface area contributed by atoms with Gasteiger partial charge in [0, 0.05) is 22.8 Å². The molecule has 1 aromatic heterocycles. The summed E-state index contributed by atoms with van der Waals surface area (Å²) in [7, 11) is 0. The van der Waals surface area contributed by atoms with Crippen LogP contribution in [0, 0.1) is 0 Å². The summed E-state index contributed by atoms with van der Waals surface area (Å²) >= 11 is 5.89. The highest BCUT2D eigenvalue weighted by atomic mass is 35.5. The van der Waals surface area contributed by atoms with Gasteiger partial charge in [-0.25, -0.2) is 4.79 Å². The molecule has 0 unspecified atom stereocenters. The second kappa shape index (κ2) is 11.0. The predicted octanol–water partition coefficient (Wildman–Crippen LogP) is 4.19. The Labute approximate surface area is 211 Å². The maximum atomic E-state index is 13.0. The normalized spacial score (nSPS) is 14.4. The lowest BCUT2D eigenvalue weighted by Crippen LogP contribution is -2.36. The predicted molar refractivity (Wildman–Crippen MR) is 136 cm³/mol. The van der Waals surface area contributed by atoms with E-state index in [0.717, 1.165) is 12.8 Å². The minimum Gasteiger partial charge on any atom is -0.462 e. The van der Waals surface area contributed by atoms with E-state index in [0.29, 0.717) is 28.6 Å². The third-order valence-electron chi connectivity index (χ3n) is 5.49. The van der Waals surface area contributed by atoms with Crippen LogP contribution in [0.3, 0.4) is 0 Å². The van der Waals surface area contributed by atoms with Crippen molar-refractivity contribution in [2.75, 3.05) is 22.6 Å². The van der Waals surface area contributed by atoms with E-state index in [1.165, 1.54) is 12.1 Å². The van der Waals surface area contributed by atoms with Crippen molar-refractivity contribution in [1.29, 1.82) is 0 Å². The van der Waals surface area contributed by atoms with Crippen LogP contribution in [0.5, 0.6) is 0 Å². The van der Waals surface area contributed by atoms with Crippen LogP contribution in [0.25, 0.3) is 0 Å². The van der Waals surface area contributed by atoms with E-state index < -0.39 is 29.3 Å². The molecule has 0 radical (unpaired) electrons. The van der Waals surface area contributed by atoms with Gasteiger partial charge in [0.15, 0.2) is 0 Å². The fraction of sp³-hybridized carbons (Fsp3) is 0.240. The zero-order chi connectivity index (χ0) is 25.7. The van der Waals surface area contributed by atoms with Crippen LogP contribution in [0.2, 0.25) is 5.02 Å². The molecule has 2 amide bonds. The lowest BCUT2D eigenvalue weighted by molar-refractivity contribution is -0.123. The van der Waals surface area contributed by atoms with Crippen molar-refractivity contribution in [3.05, 3.63) is 75.0 Å². The van der Waals surface area contributed by atoms with Gasteiger partial charge >= 0.3 is 5.97 Å². The average Bonchev–Trinajstić information content (AvgIpc) is 2.85. The molecule has 2 aromatic carbocycles. The third-order valence-corrected chi connectivity index (χ3v) is 5.75. The van der Waals surface area contributed by atoms with E-state index in [2.05, 4.69) is 25.9 Å². The number of hydrogen-bond acceptors (Lipinski definition) is 7. The first-order valence-electron chi connectivity index (χ1n) is 11.4. The van der Waals surface area contributed by atoms with Crippen molar-refractivity contribution in [3.63, 3.8) is 0 Å². The van der Waals surface area contributed by atoms with Crippen molar-refractivity contribution in [1.82, 2.24) is 9.97 Å². The van der Waals surface area contributed by atoms with Crippen molar-refractivity contribution >= 4 is 52.5 Å². The highest BCUT2D eigenvalue weighted by molar-refractivity contribution is 6.30. The van der Waals surface area contributed by atoms with Gasteiger partial charge in [0.05, 0.1) is 23.7 Å². The summed E-state index contributed by atoms with van der Waals surface area (Å²) in [5.41, 5.74) is 0.888. The van der Waals surface area contributed by atoms with Gasteiger partial charge in [-0.15, -0.1) is 0 Å². The smallest absolute Gasteiger partial charge is 0.338 e. The van der Waals surface area contributed by atoms with Crippen LogP contribution in [0.4, 0.5) is 23.1 Å². The molecule has 0 bridgehead atoms. The number of nitrogens with one attached hydrogen (secondary N) is 4. The molecule has 10 nitrogen and oxygen atoms in total. The van der Waals surface area contributed by atoms with Crippen LogP contribution in [-0.4, -0.2) is 34.4 Å². The number of aromatic nitrogens is 2. The highest BCUT2D eigenvalue weighted by Crippen LogP contribution is 2.30. The summed E-state index contributed by atoms with van der Waals surface area (Å²) in [5.74, 6) is -2.37. The van der Waals surface area contributed by atoms with Gasteiger partial charge in [-0.2, -0.15) is 4.98 Å². The molecule has 0 fully saturated rings. The summed E-state index contributed by atoms with van der Waals surface area (Å²) in [6.45, 7) is 2.34. The van der Waals surface area contributed by atoms with Gasteiger partial charge in [0.2, 0.25) is 17.8 Å². The molecule has 3 aromatic rings. The Hall–Kier alpha value is -4.18. The summed E-state index contributed by atoms with van der Waals surface area (Å²) in [6, 6.07) is 12.9. The second-order valence-electron chi connectivity index (χ2n) is 8.17. The minimum atomic E-state index is -1.05. The molecule has 4 rings (SSSR count). The molecule has 0 spiro atoms. The number of carbonyl (C=O) groups excluding carboxylic acids is 3. The molecular weight excluding hydrogens is 486 g/mol. The number of unbranched alkanes of at least 4 members (excludes halogenated alkanes) is 1. The molecule has 1 atom stereocenters. The number of halogens is 1. The quantitative estimate of drug-likeness (QED) is 0.263. The molecule has 11 heteroatoms. The average molecular weight is 510 g/mol. The van der Waals surface area contributed by atoms with Crippen molar-refractivity contribution < 1.29 is 19.1 Å². The van der Waals surface area contributed by atoms with E-state index >= 15 is 0 Å². The van der Waals surface area contributed by atoms with Crippen LogP contribution in [0.15, 0.2) is 53.3 Å². The van der Waals surface area contributed by atoms with Gasteiger partial charge in [-0.05, 0) is 55.0 Å². The number of anilines is 4. The Morgan fingerprint density at radius 1 is 1.08 bits per heavy atom. The van der Waals surface area contributed by atoms with E-state index in [4.69, 9.17) is 16.3 Å². The Morgan fingerprint density at radius 2 is 1.78 bits per heavy atom. The fourth-order valence-corrected chi connectivity index (χ4v) is 3.76. The van der Waals surface area contributed by atoms with Gasteiger partial charge in [-0.3, -0.25) is 19.4 Å². The largest absolute Gasteiger partial charge is 0.462 e. The van der Waals surface area contributed by atoms with Crippen LogP contribution < -0.4 is 21.5 Å². The topological polar surface area (TPSA) is 142 Å². The van der Waals surface area contributed by atoms with E-state index in [1.807, 2.05) is 6.92 Å². The van der Waals surface area contributed by atoms with Crippen molar-refractivity contribution in [2.45, 2.75) is 32.1 Å². The van der Waals surface area contributed by atoms with Crippen LogP contribution >= 0.6 is 11.6 Å². The van der Waals surface area contributed by atoms with Gasteiger partial charge < -0.3 is 20.7 Å². The van der Waals surface area contributed by atoms with Gasteiger partial charge in [0.25, 0.3) is 5.56 Å². The minimum absolute atomic E-state index is 0.0109. The number of ether oxygens (including phenoxy) is 1. The first-order chi connectivity index (χ1) is 17.3. The number of H-pyrrole nitrogens is 1. The molecule has 0 aliphatic carbocycles. The molecule has 36 heavy (non-hydrogen) atoms. The maximum Gasteiger partial charge on any atom is 0.338 e. The second-order valence-corrected chi connectivity index (χ2v) is 8.61. The Morgan fingerprint density at radius 3 is 2.47 bits per heavy atom. The summed E-state index contributed by atoms with van der Waals surface area (Å²) in [4.78, 5) is 57.2. The van der Waals surface area contributed by atoms with Crippen LogP contribution in [0.1, 0.15) is 48.0 Å². The zero-order valence-electron chi connectivity index (χ0n) is 19.4. The Balaban J connectivity index is 1.50. The molecule has 1 aliphatic heterocycles. The molecule has 186 valence electrons. The number of carbonyl (C=O) groups is 3. The fourth-order valence-electron chi connectivity index (χ4n) is 3.64.